The molecule has 4 rings (SSSR count). The third-order valence-corrected chi connectivity index (χ3v) is 6.89. The summed E-state index contributed by atoms with van der Waals surface area (Å²) in [5.74, 6) is -0.193. The molecule has 1 atom stereocenters. The van der Waals surface area contributed by atoms with Gasteiger partial charge in [0.1, 0.15) is 0 Å². The second-order valence-corrected chi connectivity index (χ2v) is 9.79. The second kappa shape index (κ2) is 8.44. The molecule has 3 aromatic rings. The highest BCUT2D eigenvalue weighted by Crippen LogP contribution is 2.38. The van der Waals surface area contributed by atoms with E-state index < -0.39 is 10.0 Å². The van der Waals surface area contributed by atoms with Crippen LogP contribution in [-0.2, 0) is 14.8 Å². The number of amides is 1. The van der Waals surface area contributed by atoms with Crippen molar-refractivity contribution in [2.24, 2.45) is 0 Å². The van der Waals surface area contributed by atoms with Crippen molar-refractivity contribution in [3.8, 4) is 0 Å². The summed E-state index contributed by atoms with van der Waals surface area (Å²) in [4.78, 5) is 24.6. The summed E-state index contributed by atoms with van der Waals surface area (Å²) in [5, 5.41) is 3.28. The number of aromatic nitrogens is 4. The Kier molecular flexibility index (Phi) is 5.73. The zero-order chi connectivity index (χ0) is 21.1. The van der Waals surface area contributed by atoms with Crippen LogP contribution in [-0.4, -0.2) is 39.1 Å². The number of hydrogen-bond donors (Lipinski definition) is 2. The number of nitrogens with zero attached hydrogens (tertiary/aromatic N) is 4. The molecule has 11 heteroatoms. The minimum absolute atomic E-state index is 0.00899. The first-order valence-electron chi connectivity index (χ1n) is 9.32. The van der Waals surface area contributed by atoms with Gasteiger partial charge in [-0.25, -0.2) is 28.1 Å². The molecule has 0 aliphatic heterocycles. The lowest BCUT2D eigenvalue weighted by Gasteiger charge is -2.13. The maximum atomic E-state index is 12.5. The molecular weight excluding hydrogens is 424 g/mol. The first kappa shape index (κ1) is 20.4. The number of sulfonamides is 1. The lowest BCUT2D eigenvalue weighted by molar-refractivity contribution is -0.115. The van der Waals surface area contributed by atoms with Crippen LogP contribution in [0, 0.1) is 0 Å². The monoisotopic (exact) mass is 444 g/mol. The molecule has 1 fully saturated rings. The Morgan fingerprint density at radius 3 is 2.50 bits per heavy atom. The lowest BCUT2D eigenvalue weighted by Crippen LogP contribution is -2.23. The standard InChI is InChI=1S/C19H20N6O3S2/c1-13(29-19-22-11-12-25(19)15-5-6-15)17(26)23-14-3-7-16(8-4-14)30(27,28)24-18-20-9-2-10-21-18/h2-4,7-13,15H,5-6H2,1H3,(H,23,26)(H,20,21,24). The fourth-order valence-electron chi connectivity index (χ4n) is 2.73. The van der Waals surface area contributed by atoms with Gasteiger partial charge in [0.05, 0.1) is 10.1 Å². The van der Waals surface area contributed by atoms with Crippen molar-refractivity contribution in [3.63, 3.8) is 0 Å². The molecule has 0 bridgehead atoms. The Hall–Kier alpha value is -2.92. The molecule has 2 aromatic heterocycles. The number of anilines is 2. The van der Waals surface area contributed by atoms with E-state index in [1.807, 2.05) is 13.1 Å². The molecule has 156 valence electrons. The first-order valence-corrected chi connectivity index (χ1v) is 11.7. The molecule has 1 aromatic carbocycles. The topological polar surface area (TPSA) is 119 Å². The van der Waals surface area contributed by atoms with Gasteiger partial charge in [-0.15, -0.1) is 0 Å². The SMILES string of the molecule is CC(Sc1nccn1C1CC1)C(=O)Nc1ccc(S(=O)(=O)Nc2ncccn2)cc1. The maximum Gasteiger partial charge on any atom is 0.264 e. The van der Waals surface area contributed by atoms with E-state index >= 15 is 0 Å². The van der Waals surface area contributed by atoms with Crippen LogP contribution < -0.4 is 10.0 Å². The van der Waals surface area contributed by atoms with Crippen molar-refractivity contribution in [1.29, 1.82) is 0 Å². The number of thioether (sulfide) groups is 1. The highest BCUT2D eigenvalue weighted by Gasteiger charge is 2.27. The largest absolute Gasteiger partial charge is 0.325 e. The summed E-state index contributed by atoms with van der Waals surface area (Å²) >= 11 is 1.40. The summed E-state index contributed by atoms with van der Waals surface area (Å²) in [7, 11) is -3.82. The quantitative estimate of drug-likeness (QED) is 0.513. The third kappa shape index (κ3) is 4.79. The molecular formula is C19H20N6O3S2. The molecule has 0 saturated heterocycles. The van der Waals surface area contributed by atoms with Crippen molar-refractivity contribution < 1.29 is 13.2 Å². The number of imidazole rings is 1. The zero-order valence-corrected chi connectivity index (χ0v) is 17.7. The Morgan fingerprint density at radius 1 is 1.13 bits per heavy atom. The Balaban J connectivity index is 1.37. The second-order valence-electron chi connectivity index (χ2n) is 6.80. The van der Waals surface area contributed by atoms with Crippen molar-refractivity contribution in [1.82, 2.24) is 19.5 Å². The van der Waals surface area contributed by atoms with Gasteiger partial charge >= 0.3 is 0 Å². The van der Waals surface area contributed by atoms with E-state index in [0.717, 1.165) is 18.0 Å². The number of rotatable bonds is 8. The smallest absolute Gasteiger partial charge is 0.264 e. The predicted octanol–water partition coefficient (Wildman–Crippen LogP) is 2.93. The van der Waals surface area contributed by atoms with Gasteiger partial charge in [-0.05, 0) is 50.1 Å². The summed E-state index contributed by atoms with van der Waals surface area (Å²) in [6.45, 7) is 1.81. The van der Waals surface area contributed by atoms with E-state index in [1.54, 1.807) is 24.4 Å². The molecule has 2 N–H and O–H groups in total. The van der Waals surface area contributed by atoms with Crippen molar-refractivity contribution >= 4 is 39.3 Å². The molecule has 1 aliphatic rings. The van der Waals surface area contributed by atoms with Gasteiger partial charge in [-0.2, -0.15) is 0 Å². The number of hydrogen-bond acceptors (Lipinski definition) is 7. The number of benzene rings is 1. The fraction of sp³-hybridized carbons (Fsp3) is 0.263. The zero-order valence-electron chi connectivity index (χ0n) is 16.1. The maximum absolute atomic E-state index is 12.5. The van der Waals surface area contributed by atoms with Crippen molar-refractivity contribution in [3.05, 3.63) is 55.1 Å². The molecule has 9 nitrogen and oxygen atoms in total. The van der Waals surface area contributed by atoms with Gasteiger partial charge in [0, 0.05) is 36.5 Å². The van der Waals surface area contributed by atoms with Gasteiger partial charge in [0.15, 0.2) is 5.16 Å². The third-order valence-electron chi connectivity index (χ3n) is 4.45. The summed E-state index contributed by atoms with van der Waals surface area (Å²) in [5.41, 5.74) is 0.507. The lowest BCUT2D eigenvalue weighted by atomic mass is 10.3. The van der Waals surface area contributed by atoms with Crippen LogP contribution in [0.4, 0.5) is 11.6 Å². The van der Waals surface area contributed by atoms with E-state index in [-0.39, 0.29) is 22.0 Å². The number of carbonyl (C=O) groups is 1. The molecule has 0 spiro atoms. The Labute approximate surface area is 178 Å². The van der Waals surface area contributed by atoms with Gasteiger partial charge in [0.2, 0.25) is 11.9 Å². The van der Waals surface area contributed by atoms with Crippen LogP contribution in [0.2, 0.25) is 0 Å². The summed E-state index contributed by atoms with van der Waals surface area (Å²) < 4.78 is 29.3. The minimum atomic E-state index is -3.82. The van der Waals surface area contributed by atoms with Gasteiger partial charge in [-0.1, -0.05) is 11.8 Å². The average Bonchev–Trinajstić information content (AvgIpc) is 3.47. The molecule has 30 heavy (non-hydrogen) atoms. The van der Waals surface area contributed by atoms with E-state index in [4.69, 9.17) is 0 Å². The summed E-state index contributed by atoms with van der Waals surface area (Å²) in [6, 6.07) is 8.00. The molecule has 2 heterocycles. The van der Waals surface area contributed by atoms with Gasteiger partial charge in [-0.3, -0.25) is 4.79 Å². The molecule has 1 amide bonds. The number of carbonyl (C=O) groups excluding carboxylic acids is 1. The average molecular weight is 445 g/mol. The van der Waals surface area contributed by atoms with E-state index in [1.165, 1.54) is 36.3 Å². The molecule has 1 aliphatic carbocycles. The number of nitrogens with one attached hydrogen (secondary N) is 2. The Bertz CT molecular complexity index is 1130. The predicted molar refractivity (Wildman–Crippen MR) is 114 cm³/mol. The van der Waals surface area contributed by atoms with E-state index in [2.05, 4.69) is 29.6 Å². The van der Waals surface area contributed by atoms with Crippen LogP contribution >= 0.6 is 11.8 Å². The molecule has 0 radical (unpaired) electrons. The van der Waals surface area contributed by atoms with Crippen LogP contribution in [0.25, 0.3) is 0 Å². The van der Waals surface area contributed by atoms with Gasteiger partial charge in [0.25, 0.3) is 10.0 Å². The van der Waals surface area contributed by atoms with E-state index in [0.29, 0.717) is 11.7 Å². The van der Waals surface area contributed by atoms with Crippen LogP contribution in [0.1, 0.15) is 25.8 Å². The van der Waals surface area contributed by atoms with Crippen LogP contribution in [0.3, 0.4) is 0 Å². The minimum Gasteiger partial charge on any atom is -0.325 e. The molecule has 1 saturated carbocycles. The summed E-state index contributed by atoms with van der Waals surface area (Å²) in [6.07, 6.45) is 8.87. The fourth-order valence-corrected chi connectivity index (χ4v) is 4.62. The van der Waals surface area contributed by atoms with Gasteiger partial charge < -0.3 is 9.88 Å². The Morgan fingerprint density at radius 2 is 1.83 bits per heavy atom. The highest BCUT2D eigenvalue weighted by atomic mass is 32.2. The van der Waals surface area contributed by atoms with Crippen molar-refractivity contribution in [2.75, 3.05) is 10.0 Å². The first-order chi connectivity index (χ1) is 14.4. The van der Waals surface area contributed by atoms with Crippen LogP contribution in [0.5, 0.6) is 0 Å². The van der Waals surface area contributed by atoms with Crippen LogP contribution in [0.15, 0.2) is 65.2 Å². The highest BCUT2D eigenvalue weighted by molar-refractivity contribution is 8.00. The molecule has 1 unspecified atom stereocenters. The van der Waals surface area contributed by atoms with E-state index in [9.17, 15) is 13.2 Å². The van der Waals surface area contributed by atoms with Crippen molar-refractivity contribution in [2.45, 2.75) is 41.1 Å². The normalized spacial score (nSPS) is 14.8.